The maximum atomic E-state index is 12.7. The van der Waals surface area contributed by atoms with E-state index in [4.69, 9.17) is 23.2 Å². The van der Waals surface area contributed by atoms with Crippen LogP contribution in [-0.2, 0) is 13.0 Å². The lowest BCUT2D eigenvalue weighted by Crippen LogP contribution is -2.17. The zero-order valence-corrected chi connectivity index (χ0v) is 17.5. The molecule has 0 N–H and O–H groups in total. The van der Waals surface area contributed by atoms with Crippen molar-refractivity contribution >= 4 is 40.4 Å². The number of aryl methyl sites for hydroxylation is 1. The molecule has 0 atom stereocenters. The fourth-order valence-corrected chi connectivity index (χ4v) is 4.76. The van der Waals surface area contributed by atoms with Crippen LogP contribution < -0.4 is 4.80 Å². The number of thiazole rings is 1. The zero-order valence-electron chi connectivity index (χ0n) is 15.2. The summed E-state index contributed by atoms with van der Waals surface area (Å²) in [5, 5.41) is 0.806. The van der Waals surface area contributed by atoms with Crippen LogP contribution in [-0.4, -0.2) is 10.5 Å². The Morgan fingerprint density at radius 1 is 1.11 bits per heavy atom. The number of hydrogen-bond acceptors (Lipinski definition) is 2. The number of rotatable bonds is 5. The average Bonchev–Trinajstić information content (AvgIpc) is 2.99. The van der Waals surface area contributed by atoms with Crippen LogP contribution in [0.4, 0.5) is 0 Å². The van der Waals surface area contributed by atoms with Gasteiger partial charge in [-0.3, -0.25) is 4.79 Å². The molecule has 3 nitrogen and oxygen atoms in total. The van der Waals surface area contributed by atoms with Gasteiger partial charge < -0.3 is 4.57 Å². The first-order valence-electron chi connectivity index (χ1n) is 8.87. The predicted octanol–water partition coefficient (Wildman–Crippen LogP) is 6.24. The average molecular weight is 419 g/mol. The molecule has 0 fully saturated rings. The number of halogens is 2. The summed E-state index contributed by atoms with van der Waals surface area (Å²) in [5.41, 5.74) is 2.63. The third-order valence-electron chi connectivity index (χ3n) is 4.18. The molecule has 0 aliphatic heterocycles. The topological polar surface area (TPSA) is 34.4 Å². The summed E-state index contributed by atoms with van der Waals surface area (Å²) < 4.78 is 2.10. The molecule has 0 aliphatic carbocycles. The lowest BCUT2D eigenvalue weighted by molar-refractivity contribution is 0.0998. The molecule has 6 heteroatoms. The Balaban J connectivity index is 2.15. The van der Waals surface area contributed by atoms with Gasteiger partial charge in [0.25, 0.3) is 5.91 Å². The zero-order chi connectivity index (χ0) is 19.4. The van der Waals surface area contributed by atoms with Crippen LogP contribution in [0.5, 0.6) is 0 Å². The van der Waals surface area contributed by atoms with Crippen molar-refractivity contribution < 1.29 is 4.79 Å². The van der Waals surface area contributed by atoms with E-state index >= 15 is 0 Å². The summed E-state index contributed by atoms with van der Waals surface area (Å²) in [6, 6.07) is 15.1. The van der Waals surface area contributed by atoms with Gasteiger partial charge >= 0.3 is 0 Å². The van der Waals surface area contributed by atoms with E-state index in [0.717, 1.165) is 30.6 Å². The summed E-state index contributed by atoms with van der Waals surface area (Å²) >= 11 is 13.7. The SMILES string of the molecule is CCCc1sc(=NC(=O)c2ccc(Cl)cc2Cl)n(CC)c1-c1ccccc1. The van der Waals surface area contributed by atoms with Crippen molar-refractivity contribution in [3.8, 4) is 11.3 Å². The third-order valence-corrected chi connectivity index (χ3v) is 5.86. The minimum atomic E-state index is -0.359. The molecule has 0 spiro atoms. The Morgan fingerprint density at radius 3 is 2.48 bits per heavy atom. The van der Waals surface area contributed by atoms with E-state index in [9.17, 15) is 4.79 Å². The molecule has 0 aliphatic rings. The van der Waals surface area contributed by atoms with Crippen LogP contribution in [0.3, 0.4) is 0 Å². The van der Waals surface area contributed by atoms with Crippen molar-refractivity contribution in [2.75, 3.05) is 0 Å². The number of benzene rings is 2. The van der Waals surface area contributed by atoms with Gasteiger partial charge in [0, 0.05) is 16.4 Å². The Bertz CT molecular complexity index is 1020. The predicted molar refractivity (Wildman–Crippen MR) is 114 cm³/mol. The number of carbonyl (C=O) groups excluding carboxylic acids is 1. The highest BCUT2D eigenvalue weighted by Gasteiger charge is 2.16. The van der Waals surface area contributed by atoms with Gasteiger partial charge in [0.15, 0.2) is 4.80 Å². The van der Waals surface area contributed by atoms with E-state index in [-0.39, 0.29) is 5.91 Å². The highest BCUT2D eigenvalue weighted by Crippen LogP contribution is 2.27. The maximum Gasteiger partial charge on any atom is 0.281 e. The number of nitrogens with zero attached hydrogens (tertiary/aromatic N) is 2. The van der Waals surface area contributed by atoms with E-state index in [0.29, 0.717) is 20.4 Å². The molecule has 2 aromatic carbocycles. The van der Waals surface area contributed by atoms with Crippen molar-refractivity contribution in [1.29, 1.82) is 0 Å². The molecule has 0 saturated heterocycles. The van der Waals surface area contributed by atoms with E-state index in [1.165, 1.54) is 4.88 Å². The molecule has 1 heterocycles. The summed E-state index contributed by atoms with van der Waals surface area (Å²) in [6.45, 7) is 4.94. The smallest absolute Gasteiger partial charge is 0.281 e. The molecule has 1 aromatic heterocycles. The molecule has 0 radical (unpaired) electrons. The summed E-state index contributed by atoms with van der Waals surface area (Å²) in [4.78, 5) is 19.0. The van der Waals surface area contributed by atoms with Crippen molar-refractivity contribution in [2.24, 2.45) is 4.99 Å². The molecule has 3 aromatic rings. The van der Waals surface area contributed by atoms with Gasteiger partial charge in [-0.15, -0.1) is 11.3 Å². The van der Waals surface area contributed by atoms with Crippen LogP contribution in [0.2, 0.25) is 10.0 Å². The molecule has 0 bridgehead atoms. The first kappa shape index (κ1) is 19.9. The van der Waals surface area contributed by atoms with Crippen LogP contribution in [0, 0.1) is 0 Å². The van der Waals surface area contributed by atoms with Gasteiger partial charge in [0.05, 0.1) is 16.3 Å². The second-order valence-electron chi connectivity index (χ2n) is 6.06. The van der Waals surface area contributed by atoms with Crippen molar-refractivity contribution in [3.05, 3.63) is 73.8 Å². The van der Waals surface area contributed by atoms with Crippen molar-refractivity contribution in [3.63, 3.8) is 0 Å². The Hall–Kier alpha value is -1.88. The largest absolute Gasteiger partial charge is 0.316 e. The monoisotopic (exact) mass is 418 g/mol. The number of hydrogen-bond donors (Lipinski definition) is 0. The lowest BCUT2D eigenvalue weighted by atomic mass is 10.1. The van der Waals surface area contributed by atoms with E-state index in [1.54, 1.807) is 29.5 Å². The van der Waals surface area contributed by atoms with E-state index < -0.39 is 0 Å². The van der Waals surface area contributed by atoms with Gasteiger partial charge in [-0.1, -0.05) is 66.9 Å². The fraction of sp³-hybridized carbons (Fsp3) is 0.238. The Morgan fingerprint density at radius 2 is 1.85 bits per heavy atom. The summed E-state index contributed by atoms with van der Waals surface area (Å²) in [5.74, 6) is -0.359. The second-order valence-corrected chi connectivity index (χ2v) is 7.96. The van der Waals surface area contributed by atoms with Crippen LogP contribution in [0.15, 0.2) is 53.5 Å². The standard InChI is InChI=1S/C21H20Cl2N2OS/c1-3-8-18-19(14-9-6-5-7-10-14)25(4-2)21(27-18)24-20(26)16-12-11-15(22)13-17(16)23/h5-7,9-13H,3-4,8H2,1-2H3. The van der Waals surface area contributed by atoms with Gasteiger partial charge in [-0.25, -0.2) is 0 Å². The normalized spacial score (nSPS) is 11.8. The van der Waals surface area contributed by atoms with Crippen LogP contribution in [0.25, 0.3) is 11.3 Å². The quantitative estimate of drug-likeness (QED) is 0.482. The van der Waals surface area contributed by atoms with Crippen LogP contribution in [0.1, 0.15) is 35.5 Å². The molecular formula is C21H20Cl2N2OS. The highest BCUT2D eigenvalue weighted by molar-refractivity contribution is 7.09. The Labute approximate surface area is 172 Å². The fourth-order valence-electron chi connectivity index (χ4n) is 2.96. The first-order chi connectivity index (χ1) is 13.0. The van der Waals surface area contributed by atoms with Crippen LogP contribution >= 0.6 is 34.5 Å². The number of aromatic nitrogens is 1. The molecule has 3 rings (SSSR count). The van der Waals surface area contributed by atoms with Gasteiger partial charge in [0.1, 0.15) is 0 Å². The molecule has 0 saturated carbocycles. The lowest BCUT2D eigenvalue weighted by Gasteiger charge is -2.08. The van der Waals surface area contributed by atoms with Gasteiger partial charge in [0.2, 0.25) is 0 Å². The second kappa shape index (κ2) is 8.87. The first-order valence-corrected chi connectivity index (χ1v) is 10.4. The molecular weight excluding hydrogens is 399 g/mol. The van der Waals surface area contributed by atoms with Crippen molar-refractivity contribution in [2.45, 2.75) is 33.2 Å². The minimum Gasteiger partial charge on any atom is -0.316 e. The molecule has 140 valence electrons. The maximum absolute atomic E-state index is 12.7. The molecule has 1 amide bonds. The summed E-state index contributed by atoms with van der Waals surface area (Å²) in [6.07, 6.45) is 1.97. The molecule has 27 heavy (non-hydrogen) atoms. The van der Waals surface area contributed by atoms with Gasteiger partial charge in [-0.05, 0) is 37.1 Å². The molecule has 0 unspecified atom stereocenters. The number of carbonyl (C=O) groups is 1. The van der Waals surface area contributed by atoms with E-state index in [2.05, 4.69) is 35.5 Å². The highest BCUT2D eigenvalue weighted by atomic mass is 35.5. The number of amides is 1. The Kier molecular flexibility index (Phi) is 6.53. The van der Waals surface area contributed by atoms with Gasteiger partial charge in [-0.2, -0.15) is 4.99 Å². The summed E-state index contributed by atoms with van der Waals surface area (Å²) in [7, 11) is 0. The van der Waals surface area contributed by atoms with E-state index in [1.807, 2.05) is 18.2 Å². The third kappa shape index (κ3) is 4.34. The van der Waals surface area contributed by atoms with Crippen molar-refractivity contribution in [1.82, 2.24) is 4.57 Å². The minimum absolute atomic E-state index is 0.313.